The number of anilines is 1. The first-order chi connectivity index (χ1) is 11.3. The Kier molecular flexibility index (Phi) is 4.10. The molecule has 0 saturated carbocycles. The molecule has 0 spiro atoms. The van der Waals surface area contributed by atoms with Gasteiger partial charge in [0.1, 0.15) is 5.69 Å². The fourth-order valence-electron chi connectivity index (χ4n) is 2.12. The van der Waals surface area contributed by atoms with E-state index in [1.165, 1.54) is 11.3 Å². The van der Waals surface area contributed by atoms with Crippen molar-refractivity contribution in [2.75, 3.05) is 5.32 Å². The summed E-state index contributed by atoms with van der Waals surface area (Å²) < 4.78 is 40.2. The minimum absolute atomic E-state index is 0.102. The summed E-state index contributed by atoms with van der Waals surface area (Å²) in [6.07, 6.45) is -1.25. The number of hydrogen-bond donors (Lipinski definition) is 1. The largest absolute Gasteiger partial charge is 0.418 e. The van der Waals surface area contributed by atoms with E-state index >= 15 is 0 Å². The van der Waals surface area contributed by atoms with Gasteiger partial charge in [0.05, 0.1) is 27.7 Å². The second-order valence-electron chi connectivity index (χ2n) is 4.78. The van der Waals surface area contributed by atoms with Gasteiger partial charge in [-0.05, 0) is 6.07 Å². The van der Waals surface area contributed by atoms with Gasteiger partial charge >= 0.3 is 6.18 Å². The van der Waals surface area contributed by atoms with Crippen molar-refractivity contribution in [1.82, 2.24) is 9.38 Å². The molecule has 6 nitrogen and oxygen atoms in total. The Bertz CT molecular complexity index is 893. The van der Waals surface area contributed by atoms with E-state index in [2.05, 4.69) is 10.3 Å². The molecule has 24 heavy (non-hydrogen) atoms. The molecule has 11 heteroatoms. The van der Waals surface area contributed by atoms with Crippen LogP contribution >= 0.6 is 22.9 Å². The lowest BCUT2D eigenvalue weighted by Crippen LogP contribution is -2.09. The quantitative estimate of drug-likeness (QED) is 0.534. The normalized spacial score (nSPS) is 11.8. The fraction of sp³-hybridized carbons (Fsp3) is 0.154. The molecule has 2 aromatic heterocycles. The van der Waals surface area contributed by atoms with Crippen LogP contribution in [-0.4, -0.2) is 14.3 Å². The SMILES string of the molecule is O=[N+]([O-])c1cc(C(F)(F)F)c(Cl)cc1NCc1cn2ccsc2n1. The average molecular weight is 377 g/mol. The van der Waals surface area contributed by atoms with Gasteiger partial charge in [-0.2, -0.15) is 13.2 Å². The van der Waals surface area contributed by atoms with Gasteiger partial charge in [-0.1, -0.05) is 11.6 Å². The van der Waals surface area contributed by atoms with Gasteiger partial charge in [0, 0.05) is 23.8 Å². The van der Waals surface area contributed by atoms with E-state index in [4.69, 9.17) is 11.6 Å². The second-order valence-corrected chi connectivity index (χ2v) is 6.06. The lowest BCUT2D eigenvalue weighted by atomic mass is 10.1. The minimum Gasteiger partial charge on any atom is -0.374 e. The van der Waals surface area contributed by atoms with Crippen molar-refractivity contribution in [2.24, 2.45) is 0 Å². The van der Waals surface area contributed by atoms with Crippen LogP contribution in [0, 0.1) is 10.1 Å². The second kappa shape index (κ2) is 5.95. The summed E-state index contributed by atoms with van der Waals surface area (Å²) in [5, 5.41) is 15.0. The Morgan fingerprint density at radius 1 is 1.42 bits per heavy atom. The molecular formula is C13H8ClF3N4O2S. The molecule has 0 atom stereocenters. The lowest BCUT2D eigenvalue weighted by Gasteiger charge is -2.12. The summed E-state index contributed by atoms with van der Waals surface area (Å²) in [4.78, 5) is 15.2. The van der Waals surface area contributed by atoms with Gasteiger partial charge in [-0.15, -0.1) is 11.3 Å². The molecule has 0 bridgehead atoms. The average Bonchev–Trinajstić information content (AvgIpc) is 3.04. The lowest BCUT2D eigenvalue weighted by molar-refractivity contribution is -0.384. The van der Waals surface area contributed by atoms with Gasteiger partial charge in [0.2, 0.25) is 0 Å². The molecule has 0 saturated heterocycles. The Morgan fingerprint density at radius 2 is 2.17 bits per heavy atom. The number of nitro benzene ring substituents is 1. The highest BCUT2D eigenvalue weighted by molar-refractivity contribution is 7.15. The standard InChI is InChI=1S/C13H8ClF3N4O2S/c14-9-4-10(11(21(22)23)3-8(9)13(15,16)17)18-5-7-6-20-1-2-24-12(20)19-7/h1-4,6,18H,5H2. The van der Waals surface area contributed by atoms with Crippen molar-refractivity contribution in [3.63, 3.8) is 0 Å². The number of nitrogens with one attached hydrogen (secondary N) is 1. The molecule has 0 aliphatic rings. The number of rotatable bonds is 4. The third-order valence-electron chi connectivity index (χ3n) is 3.19. The molecule has 1 aromatic carbocycles. The number of nitrogens with zero attached hydrogens (tertiary/aromatic N) is 3. The van der Waals surface area contributed by atoms with Crippen LogP contribution in [0.5, 0.6) is 0 Å². The molecule has 3 rings (SSSR count). The summed E-state index contributed by atoms with van der Waals surface area (Å²) in [6, 6.07) is 1.33. The highest BCUT2D eigenvalue weighted by Crippen LogP contribution is 2.40. The highest BCUT2D eigenvalue weighted by atomic mass is 35.5. The summed E-state index contributed by atoms with van der Waals surface area (Å²) >= 11 is 7.03. The van der Waals surface area contributed by atoms with Crippen LogP contribution in [0.2, 0.25) is 5.02 Å². The molecule has 0 radical (unpaired) electrons. The van der Waals surface area contributed by atoms with Crippen LogP contribution in [0.3, 0.4) is 0 Å². The first-order valence-corrected chi connectivity index (χ1v) is 7.71. The van der Waals surface area contributed by atoms with E-state index in [1.54, 1.807) is 16.8 Å². The maximum absolute atomic E-state index is 12.8. The first-order valence-electron chi connectivity index (χ1n) is 6.46. The number of aromatic nitrogens is 2. The third-order valence-corrected chi connectivity index (χ3v) is 4.27. The zero-order valence-corrected chi connectivity index (χ0v) is 13.2. The maximum Gasteiger partial charge on any atom is 0.418 e. The Balaban J connectivity index is 1.90. The van der Waals surface area contributed by atoms with E-state index in [9.17, 15) is 23.3 Å². The predicted molar refractivity (Wildman–Crippen MR) is 83.5 cm³/mol. The van der Waals surface area contributed by atoms with Gasteiger partial charge in [0.25, 0.3) is 5.69 Å². The minimum atomic E-state index is -4.77. The molecule has 1 N–H and O–H groups in total. The molecule has 0 aliphatic carbocycles. The number of nitro groups is 1. The van der Waals surface area contributed by atoms with Crippen LogP contribution in [0.1, 0.15) is 11.3 Å². The van der Waals surface area contributed by atoms with Crippen LogP contribution in [-0.2, 0) is 12.7 Å². The van der Waals surface area contributed by atoms with Crippen molar-refractivity contribution in [1.29, 1.82) is 0 Å². The molecule has 126 valence electrons. The molecule has 0 amide bonds. The summed E-state index contributed by atoms with van der Waals surface area (Å²) in [5.74, 6) is 0. The van der Waals surface area contributed by atoms with Gasteiger partial charge in [0.15, 0.2) is 4.96 Å². The topological polar surface area (TPSA) is 72.5 Å². The van der Waals surface area contributed by atoms with Crippen molar-refractivity contribution in [3.05, 3.63) is 56.3 Å². The van der Waals surface area contributed by atoms with Crippen molar-refractivity contribution in [2.45, 2.75) is 12.7 Å². The first kappa shape index (κ1) is 16.5. The Morgan fingerprint density at radius 3 is 2.79 bits per heavy atom. The van der Waals surface area contributed by atoms with Crippen LogP contribution in [0.25, 0.3) is 4.96 Å². The number of imidazole rings is 1. The number of benzene rings is 1. The van der Waals surface area contributed by atoms with Crippen LogP contribution < -0.4 is 5.32 Å². The van der Waals surface area contributed by atoms with Crippen molar-refractivity contribution >= 4 is 39.3 Å². The van der Waals surface area contributed by atoms with Crippen LogP contribution in [0.4, 0.5) is 24.5 Å². The molecule has 0 unspecified atom stereocenters. The van der Waals surface area contributed by atoms with E-state index < -0.39 is 27.4 Å². The Hall–Kier alpha value is -2.33. The van der Waals surface area contributed by atoms with Gasteiger partial charge in [-0.25, -0.2) is 4.98 Å². The van der Waals surface area contributed by atoms with E-state index in [0.717, 1.165) is 11.0 Å². The molecular weight excluding hydrogens is 369 g/mol. The molecule has 0 aliphatic heterocycles. The number of hydrogen-bond acceptors (Lipinski definition) is 5. The molecule has 3 aromatic rings. The predicted octanol–water partition coefficient (Wildman–Crippen LogP) is 4.59. The summed E-state index contributed by atoms with van der Waals surface area (Å²) in [6.45, 7) is 0.108. The van der Waals surface area contributed by atoms with Crippen LogP contribution in [0.15, 0.2) is 29.9 Å². The number of thiazole rings is 1. The van der Waals surface area contributed by atoms with E-state index in [-0.39, 0.29) is 12.2 Å². The van der Waals surface area contributed by atoms with Crippen molar-refractivity contribution < 1.29 is 18.1 Å². The zero-order chi connectivity index (χ0) is 17.5. The number of fused-ring (bicyclic) bond motifs is 1. The zero-order valence-electron chi connectivity index (χ0n) is 11.7. The Labute approximate surface area is 141 Å². The number of alkyl halides is 3. The third kappa shape index (κ3) is 3.15. The molecule has 2 heterocycles. The fourth-order valence-corrected chi connectivity index (χ4v) is 3.11. The number of halogens is 4. The highest BCUT2D eigenvalue weighted by Gasteiger charge is 2.36. The summed E-state index contributed by atoms with van der Waals surface area (Å²) in [7, 11) is 0. The smallest absolute Gasteiger partial charge is 0.374 e. The molecule has 0 fully saturated rings. The summed E-state index contributed by atoms with van der Waals surface area (Å²) in [5.41, 5.74) is -1.46. The monoisotopic (exact) mass is 376 g/mol. The van der Waals surface area contributed by atoms with Gasteiger partial charge < -0.3 is 5.32 Å². The van der Waals surface area contributed by atoms with E-state index in [1.807, 2.05) is 5.38 Å². The van der Waals surface area contributed by atoms with E-state index in [0.29, 0.717) is 11.8 Å². The van der Waals surface area contributed by atoms with Crippen molar-refractivity contribution in [3.8, 4) is 0 Å². The maximum atomic E-state index is 12.8. The van der Waals surface area contributed by atoms with Gasteiger partial charge in [-0.3, -0.25) is 14.5 Å².